The summed E-state index contributed by atoms with van der Waals surface area (Å²) >= 11 is 9.14. The van der Waals surface area contributed by atoms with Crippen molar-refractivity contribution in [2.75, 3.05) is 4.90 Å². The van der Waals surface area contributed by atoms with E-state index in [0.29, 0.717) is 5.11 Å². The predicted molar refractivity (Wildman–Crippen MR) is 106 cm³/mol. The van der Waals surface area contributed by atoms with Gasteiger partial charge in [0.2, 0.25) is 0 Å². The fourth-order valence-electron chi connectivity index (χ4n) is 3.14. The highest BCUT2D eigenvalue weighted by Gasteiger charge is 2.42. The minimum absolute atomic E-state index is 0.0807. The van der Waals surface area contributed by atoms with E-state index in [1.807, 2.05) is 61.5 Å². The highest BCUT2D eigenvalue weighted by molar-refractivity contribution is 9.10. The summed E-state index contributed by atoms with van der Waals surface area (Å²) in [7, 11) is 0. The fraction of sp³-hybridized carbons (Fsp3) is 0.158. The lowest BCUT2D eigenvalue weighted by Gasteiger charge is -2.26. The van der Waals surface area contributed by atoms with Crippen LogP contribution in [0.1, 0.15) is 29.3 Å². The van der Waals surface area contributed by atoms with Crippen LogP contribution in [-0.2, 0) is 0 Å². The molecule has 0 radical (unpaired) electrons. The van der Waals surface area contributed by atoms with Gasteiger partial charge in [-0.25, -0.2) is 0 Å². The van der Waals surface area contributed by atoms with Gasteiger partial charge in [0.1, 0.15) is 17.6 Å². The second-order valence-corrected chi connectivity index (χ2v) is 7.22. The number of thiocarbonyl (C=S) groups is 1. The van der Waals surface area contributed by atoms with Crippen LogP contribution in [0, 0.1) is 6.92 Å². The quantitative estimate of drug-likeness (QED) is 0.616. The number of halogens is 1. The Morgan fingerprint density at radius 1 is 1.12 bits per heavy atom. The summed E-state index contributed by atoms with van der Waals surface area (Å²) in [6.07, 6.45) is 1.80. The Balaban J connectivity index is 1.81. The first-order valence-electron chi connectivity index (χ1n) is 7.96. The topological polar surface area (TPSA) is 41.3 Å². The van der Waals surface area contributed by atoms with Crippen LogP contribution in [0.25, 0.3) is 0 Å². The average molecular weight is 414 g/mol. The van der Waals surface area contributed by atoms with Crippen LogP contribution in [0.2, 0.25) is 0 Å². The molecule has 0 aliphatic carbocycles. The number of rotatable bonds is 3. The summed E-state index contributed by atoms with van der Waals surface area (Å²) in [5, 5.41) is 4.08. The van der Waals surface area contributed by atoms with Crippen molar-refractivity contribution in [3.63, 3.8) is 0 Å². The smallest absolute Gasteiger partial charge is 0.174 e. The number of pyridine rings is 1. The summed E-state index contributed by atoms with van der Waals surface area (Å²) in [6.45, 7) is 1.95. The van der Waals surface area contributed by atoms with E-state index >= 15 is 0 Å². The van der Waals surface area contributed by atoms with E-state index in [-0.39, 0.29) is 12.1 Å². The van der Waals surface area contributed by atoms with Crippen LogP contribution in [0.3, 0.4) is 0 Å². The van der Waals surface area contributed by atoms with Crippen molar-refractivity contribution in [2.24, 2.45) is 0 Å². The summed E-state index contributed by atoms with van der Waals surface area (Å²) in [4.78, 5) is 6.62. The Morgan fingerprint density at radius 3 is 2.56 bits per heavy atom. The van der Waals surface area contributed by atoms with Gasteiger partial charge >= 0.3 is 0 Å². The molecule has 0 bridgehead atoms. The van der Waals surface area contributed by atoms with Gasteiger partial charge in [0.15, 0.2) is 5.11 Å². The van der Waals surface area contributed by atoms with E-state index in [4.69, 9.17) is 16.6 Å². The SMILES string of the molecule is Cc1ccc([C@H]2[C@H](c3ccccn3)NC(=S)N2c2ccc(Br)cc2)o1. The number of aromatic nitrogens is 1. The third kappa shape index (κ3) is 3.07. The molecule has 3 aromatic rings. The Labute approximate surface area is 160 Å². The molecule has 2 atom stereocenters. The van der Waals surface area contributed by atoms with Crippen molar-refractivity contribution >= 4 is 38.9 Å². The number of anilines is 1. The molecule has 3 heterocycles. The lowest BCUT2D eigenvalue weighted by Crippen LogP contribution is -2.29. The molecule has 0 unspecified atom stereocenters. The van der Waals surface area contributed by atoms with Gasteiger partial charge in [-0.05, 0) is 67.7 Å². The third-order valence-corrected chi connectivity index (χ3v) is 5.10. The molecule has 1 fully saturated rings. The first kappa shape index (κ1) is 16.3. The minimum Gasteiger partial charge on any atom is -0.464 e. The molecule has 4 rings (SSSR count). The summed E-state index contributed by atoms with van der Waals surface area (Å²) < 4.78 is 6.99. The highest BCUT2D eigenvalue weighted by Crippen LogP contribution is 2.42. The van der Waals surface area contributed by atoms with Crippen LogP contribution in [0.5, 0.6) is 0 Å². The number of furan rings is 1. The maximum Gasteiger partial charge on any atom is 0.174 e. The van der Waals surface area contributed by atoms with Crippen molar-refractivity contribution in [1.82, 2.24) is 10.3 Å². The zero-order chi connectivity index (χ0) is 17.4. The number of nitrogens with zero attached hydrogens (tertiary/aromatic N) is 2. The minimum atomic E-state index is -0.0997. The number of benzene rings is 1. The maximum atomic E-state index is 5.96. The molecule has 1 N–H and O–H groups in total. The predicted octanol–water partition coefficient (Wildman–Crippen LogP) is 4.92. The van der Waals surface area contributed by atoms with Gasteiger partial charge in [-0.2, -0.15) is 0 Å². The first-order valence-corrected chi connectivity index (χ1v) is 9.16. The lowest BCUT2D eigenvalue weighted by molar-refractivity contribution is 0.418. The molecule has 25 heavy (non-hydrogen) atoms. The molecule has 0 saturated carbocycles. The van der Waals surface area contributed by atoms with Gasteiger partial charge in [0.05, 0.1) is 11.7 Å². The molecule has 1 aromatic carbocycles. The summed E-state index contributed by atoms with van der Waals surface area (Å²) in [5.41, 5.74) is 1.95. The van der Waals surface area contributed by atoms with E-state index in [1.54, 1.807) is 6.20 Å². The van der Waals surface area contributed by atoms with Gasteiger partial charge in [0.25, 0.3) is 0 Å². The molecule has 1 aliphatic rings. The highest BCUT2D eigenvalue weighted by atomic mass is 79.9. The van der Waals surface area contributed by atoms with Crippen LogP contribution in [-0.4, -0.2) is 10.1 Å². The van der Waals surface area contributed by atoms with Gasteiger partial charge in [-0.1, -0.05) is 22.0 Å². The number of aryl methyl sites for hydroxylation is 1. The largest absolute Gasteiger partial charge is 0.464 e. The maximum absolute atomic E-state index is 5.96. The van der Waals surface area contributed by atoms with Gasteiger partial charge < -0.3 is 14.6 Å². The standard InChI is InChI=1S/C19H16BrN3OS/c1-12-5-10-16(24-12)18-17(15-4-2-3-11-21-15)22-19(25)23(18)14-8-6-13(20)7-9-14/h2-11,17-18H,1H3,(H,22,25)/t17-,18-/m0/s1. The fourth-order valence-corrected chi connectivity index (χ4v) is 3.75. The van der Waals surface area contributed by atoms with Gasteiger partial charge in [-0.15, -0.1) is 0 Å². The van der Waals surface area contributed by atoms with E-state index < -0.39 is 0 Å². The Morgan fingerprint density at radius 2 is 1.92 bits per heavy atom. The van der Waals surface area contributed by atoms with Crippen molar-refractivity contribution in [3.8, 4) is 0 Å². The molecule has 6 heteroatoms. The lowest BCUT2D eigenvalue weighted by atomic mass is 10.0. The van der Waals surface area contributed by atoms with Crippen molar-refractivity contribution in [1.29, 1.82) is 0 Å². The van der Waals surface area contributed by atoms with Crippen molar-refractivity contribution < 1.29 is 4.42 Å². The van der Waals surface area contributed by atoms with Gasteiger partial charge in [-0.3, -0.25) is 4.98 Å². The molecule has 0 amide bonds. The normalized spacial score (nSPS) is 19.9. The second kappa shape index (κ2) is 6.61. The number of nitrogens with one attached hydrogen (secondary N) is 1. The zero-order valence-electron chi connectivity index (χ0n) is 13.5. The molecule has 1 aliphatic heterocycles. The van der Waals surface area contributed by atoms with Crippen molar-refractivity contribution in [2.45, 2.75) is 19.0 Å². The van der Waals surface area contributed by atoms with Crippen LogP contribution in [0.4, 0.5) is 5.69 Å². The van der Waals surface area contributed by atoms with Crippen LogP contribution in [0.15, 0.2) is 69.7 Å². The van der Waals surface area contributed by atoms with Crippen molar-refractivity contribution in [3.05, 3.63) is 82.5 Å². The molecule has 2 aromatic heterocycles. The average Bonchev–Trinajstić information content (AvgIpc) is 3.20. The third-order valence-electron chi connectivity index (χ3n) is 4.26. The molecular weight excluding hydrogens is 398 g/mol. The van der Waals surface area contributed by atoms with Gasteiger partial charge in [0, 0.05) is 16.4 Å². The van der Waals surface area contributed by atoms with Crippen LogP contribution >= 0.6 is 28.1 Å². The van der Waals surface area contributed by atoms with E-state index in [2.05, 4.69) is 31.1 Å². The summed E-state index contributed by atoms with van der Waals surface area (Å²) in [6, 6.07) is 17.8. The molecular formula is C19H16BrN3OS. The van der Waals surface area contributed by atoms with E-state index in [1.165, 1.54) is 0 Å². The molecule has 1 saturated heterocycles. The Bertz CT molecular complexity index is 895. The molecule has 4 nitrogen and oxygen atoms in total. The summed E-state index contributed by atoms with van der Waals surface area (Å²) in [5.74, 6) is 1.74. The Kier molecular flexibility index (Phi) is 4.31. The monoisotopic (exact) mass is 413 g/mol. The second-order valence-electron chi connectivity index (χ2n) is 5.92. The van der Waals surface area contributed by atoms with E-state index in [0.717, 1.165) is 27.4 Å². The molecule has 0 spiro atoms. The van der Waals surface area contributed by atoms with E-state index in [9.17, 15) is 0 Å². The molecule has 126 valence electrons. The Hall–Kier alpha value is -2.18. The number of hydrogen-bond donors (Lipinski definition) is 1. The van der Waals surface area contributed by atoms with Crippen LogP contribution < -0.4 is 10.2 Å². The zero-order valence-corrected chi connectivity index (χ0v) is 15.9. The number of hydrogen-bond acceptors (Lipinski definition) is 3. The first-order chi connectivity index (χ1) is 12.1.